The second-order valence-corrected chi connectivity index (χ2v) is 5.79. The zero-order chi connectivity index (χ0) is 12.8. The van der Waals surface area contributed by atoms with Crippen molar-refractivity contribution in [1.29, 1.82) is 0 Å². The van der Waals surface area contributed by atoms with Crippen LogP contribution < -0.4 is 5.73 Å². The van der Waals surface area contributed by atoms with Crippen molar-refractivity contribution in [2.24, 2.45) is 11.7 Å². The van der Waals surface area contributed by atoms with Gasteiger partial charge in [-0.1, -0.05) is 48.3 Å². The van der Waals surface area contributed by atoms with Crippen LogP contribution in [0, 0.1) is 5.92 Å². The lowest BCUT2D eigenvalue weighted by Gasteiger charge is -2.25. The van der Waals surface area contributed by atoms with E-state index in [1.165, 1.54) is 5.56 Å². The van der Waals surface area contributed by atoms with Crippen molar-refractivity contribution in [3.63, 3.8) is 0 Å². The van der Waals surface area contributed by atoms with E-state index in [2.05, 4.69) is 59.9 Å². The summed E-state index contributed by atoms with van der Waals surface area (Å²) in [5.74, 6) is 0.583. The number of hydrogen-bond donors (Lipinski definition) is 1. The molecule has 3 heteroatoms. The first-order valence-electron chi connectivity index (χ1n) is 6.21. The molecule has 0 bridgehead atoms. The molecule has 0 aromatic heterocycles. The monoisotopic (exact) mass is 298 g/mol. The molecule has 2 atom stereocenters. The Bertz CT molecular complexity index is 341. The summed E-state index contributed by atoms with van der Waals surface area (Å²) in [5, 5.41) is 0. The van der Waals surface area contributed by atoms with Crippen LogP contribution in [0.5, 0.6) is 0 Å². The van der Waals surface area contributed by atoms with Gasteiger partial charge in [0.2, 0.25) is 0 Å². The van der Waals surface area contributed by atoms with Crippen LogP contribution >= 0.6 is 15.9 Å². The molecule has 1 aromatic carbocycles. The number of nitrogens with zero attached hydrogens (tertiary/aromatic N) is 1. The Balaban J connectivity index is 2.47. The maximum Gasteiger partial charge on any atom is 0.0231 e. The van der Waals surface area contributed by atoms with E-state index in [-0.39, 0.29) is 6.04 Å². The molecule has 0 aliphatic carbocycles. The van der Waals surface area contributed by atoms with E-state index in [1.54, 1.807) is 0 Å². The standard InChI is InChI=1S/C14H23BrN2/c1-4-11(2)14(16)10-17(3)9-12-6-5-7-13(15)8-12/h5-8,11,14H,4,9-10,16H2,1-3H3/t11-,14+/m0/s1. The summed E-state index contributed by atoms with van der Waals surface area (Å²) in [7, 11) is 2.13. The molecule has 0 heterocycles. The van der Waals surface area contributed by atoms with Gasteiger partial charge in [-0.2, -0.15) is 0 Å². The van der Waals surface area contributed by atoms with E-state index in [0.717, 1.165) is 24.0 Å². The second-order valence-electron chi connectivity index (χ2n) is 4.88. The Kier molecular flexibility index (Phi) is 6.17. The summed E-state index contributed by atoms with van der Waals surface area (Å²) in [4.78, 5) is 2.29. The van der Waals surface area contributed by atoms with Gasteiger partial charge in [-0.15, -0.1) is 0 Å². The smallest absolute Gasteiger partial charge is 0.0231 e. The van der Waals surface area contributed by atoms with E-state index in [9.17, 15) is 0 Å². The summed E-state index contributed by atoms with van der Waals surface area (Å²) in [6.07, 6.45) is 1.14. The van der Waals surface area contributed by atoms with E-state index in [4.69, 9.17) is 5.73 Å². The molecule has 0 saturated heterocycles. The molecule has 0 aliphatic heterocycles. The molecule has 0 spiro atoms. The van der Waals surface area contributed by atoms with Crippen LogP contribution in [0.1, 0.15) is 25.8 Å². The fourth-order valence-corrected chi connectivity index (χ4v) is 2.30. The summed E-state index contributed by atoms with van der Waals surface area (Å²) >= 11 is 3.49. The average Bonchev–Trinajstić information content (AvgIpc) is 2.27. The van der Waals surface area contributed by atoms with Gasteiger partial charge in [0.05, 0.1) is 0 Å². The van der Waals surface area contributed by atoms with Gasteiger partial charge in [-0.25, -0.2) is 0 Å². The first kappa shape index (κ1) is 14.7. The largest absolute Gasteiger partial charge is 0.326 e. The average molecular weight is 299 g/mol. The highest BCUT2D eigenvalue weighted by atomic mass is 79.9. The topological polar surface area (TPSA) is 29.3 Å². The molecule has 0 unspecified atom stereocenters. The molecule has 0 aliphatic rings. The molecule has 2 nitrogen and oxygen atoms in total. The minimum atomic E-state index is 0.261. The molecule has 0 amide bonds. The lowest BCUT2D eigenvalue weighted by atomic mass is 10.00. The van der Waals surface area contributed by atoms with Gasteiger partial charge >= 0.3 is 0 Å². The second kappa shape index (κ2) is 7.14. The van der Waals surface area contributed by atoms with E-state index in [0.29, 0.717) is 5.92 Å². The van der Waals surface area contributed by atoms with Crippen LogP contribution in [-0.2, 0) is 6.54 Å². The highest BCUT2D eigenvalue weighted by Gasteiger charge is 2.13. The van der Waals surface area contributed by atoms with Gasteiger partial charge in [0.15, 0.2) is 0 Å². The third-order valence-corrected chi connectivity index (χ3v) is 3.73. The lowest BCUT2D eigenvalue weighted by molar-refractivity contribution is 0.267. The zero-order valence-electron chi connectivity index (χ0n) is 11.0. The van der Waals surface area contributed by atoms with Gasteiger partial charge in [-0.05, 0) is 30.7 Å². The van der Waals surface area contributed by atoms with Crippen LogP contribution in [0.2, 0.25) is 0 Å². The number of benzene rings is 1. The van der Waals surface area contributed by atoms with Gasteiger partial charge in [0.1, 0.15) is 0 Å². The molecule has 96 valence electrons. The normalized spacial score (nSPS) is 14.9. The SMILES string of the molecule is CC[C@H](C)[C@H](N)CN(C)Cc1cccc(Br)c1. The fraction of sp³-hybridized carbons (Fsp3) is 0.571. The molecule has 1 aromatic rings. The van der Waals surface area contributed by atoms with Gasteiger partial charge < -0.3 is 10.6 Å². The van der Waals surface area contributed by atoms with Crippen molar-refractivity contribution >= 4 is 15.9 Å². The Hall–Kier alpha value is -0.380. The molecule has 0 fully saturated rings. The Morgan fingerprint density at radius 2 is 2.12 bits per heavy atom. The lowest BCUT2D eigenvalue weighted by Crippen LogP contribution is -2.39. The number of nitrogens with two attached hydrogens (primary N) is 1. The van der Waals surface area contributed by atoms with E-state index >= 15 is 0 Å². The van der Waals surface area contributed by atoms with Crippen molar-refractivity contribution < 1.29 is 0 Å². The van der Waals surface area contributed by atoms with Gasteiger partial charge in [0, 0.05) is 23.6 Å². The highest BCUT2D eigenvalue weighted by molar-refractivity contribution is 9.10. The fourth-order valence-electron chi connectivity index (χ4n) is 1.85. The van der Waals surface area contributed by atoms with Gasteiger partial charge in [0.25, 0.3) is 0 Å². The zero-order valence-corrected chi connectivity index (χ0v) is 12.6. The quantitative estimate of drug-likeness (QED) is 0.873. The Morgan fingerprint density at radius 3 is 2.71 bits per heavy atom. The van der Waals surface area contributed by atoms with Crippen LogP contribution in [0.4, 0.5) is 0 Å². The van der Waals surface area contributed by atoms with Crippen LogP contribution in [0.15, 0.2) is 28.7 Å². The van der Waals surface area contributed by atoms with Crippen LogP contribution in [0.3, 0.4) is 0 Å². The molecule has 0 saturated carbocycles. The number of hydrogen-bond acceptors (Lipinski definition) is 2. The minimum Gasteiger partial charge on any atom is -0.326 e. The molecule has 2 N–H and O–H groups in total. The van der Waals surface area contributed by atoms with E-state index < -0.39 is 0 Å². The third kappa shape index (κ3) is 5.19. The van der Waals surface area contributed by atoms with Crippen LogP contribution in [0.25, 0.3) is 0 Å². The number of likely N-dealkylation sites (N-methyl/N-ethyl adjacent to an activating group) is 1. The van der Waals surface area contributed by atoms with Crippen molar-refractivity contribution in [2.75, 3.05) is 13.6 Å². The Morgan fingerprint density at radius 1 is 1.41 bits per heavy atom. The molecule has 0 radical (unpaired) electrons. The van der Waals surface area contributed by atoms with Crippen molar-refractivity contribution in [2.45, 2.75) is 32.9 Å². The number of halogens is 1. The molecule has 1 rings (SSSR count). The highest BCUT2D eigenvalue weighted by Crippen LogP contribution is 2.14. The molecular formula is C14H23BrN2. The summed E-state index contributed by atoms with van der Waals surface area (Å²) < 4.78 is 1.13. The first-order valence-corrected chi connectivity index (χ1v) is 7.00. The van der Waals surface area contributed by atoms with Gasteiger partial charge in [-0.3, -0.25) is 0 Å². The van der Waals surface area contributed by atoms with Crippen molar-refractivity contribution in [1.82, 2.24) is 4.90 Å². The summed E-state index contributed by atoms with van der Waals surface area (Å²) in [5.41, 5.74) is 7.48. The minimum absolute atomic E-state index is 0.261. The van der Waals surface area contributed by atoms with Crippen molar-refractivity contribution in [3.05, 3.63) is 34.3 Å². The van der Waals surface area contributed by atoms with Crippen LogP contribution in [-0.4, -0.2) is 24.5 Å². The third-order valence-electron chi connectivity index (χ3n) is 3.24. The maximum absolute atomic E-state index is 6.16. The first-order chi connectivity index (χ1) is 8.02. The molecule has 17 heavy (non-hydrogen) atoms. The summed E-state index contributed by atoms with van der Waals surface area (Å²) in [6, 6.07) is 8.69. The predicted molar refractivity (Wildman–Crippen MR) is 77.9 cm³/mol. The maximum atomic E-state index is 6.16. The summed E-state index contributed by atoms with van der Waals surface area (Å²) in [6.45, 7) is 6.31. The number of rotatable bonds is 6. The predicted octanol–water partition coefficient (Wildman–Crippen LogP) is 3.25. The molecular weight excluding hydrogens is 276 g/mol. The van der Waals surface area contributed by atoms with E-state index in [1.807, 2.05) is 6.07 Å². The van der Waals surface area contributed by atoms with Crippen molar-refractivity contribution in [3.8, 4) is 0 Å². The Labute approximate surface area is 113 Å².